The molecule has 0 aliphatic heterocycles. The summed E-state index contributed by atoms with van der Waals surface area (Å²) < 4.78 is 40.9. The molecule has 0 aliphatic rings. The van der Waals surface area contributed by atoms with Gasteiger partial charge in [0.05, 0.1) is 18.4 Å². The van der Waals surface area contributed by atoms with E-state index in [1.165, 1.54) is 17.8 Å². The Balaban J connectivity index is 1.88. The van der Waals surface area contributed by atoms with Crippen molar-refractivity contribution < 1.29 is 12.8 Å². The molecule has 9 heteroatoms. The van der Waals surface area contributed by atoms with Gasteiger partial charge in [0, 0.05) is 12.3 Å². The van der Waals surface area contributed by atoms with Crippen molar-refractivity contribution in [3.63, 3.8) is 0 Å². The first-order chi connectivity index (χ1) is 12.9. The molecule has 2 aromatic carbocycles. The van der Waals surface area contributed by atoms with E-state index in [1.807, 2.05) is 34.9 Å². The van der Waals surface area contributed by atoms with Gasteiger partial charge in [0.2, 0.25) is 10.0 Å². The van der Waals surface area contributed by atoms with Gasteiger partial charge in [0.25, 0.3) is 0 Å². The molecular formula is C18H19FN4O2S2. The minimum absolute atomic E-state index is 0.275. The van der Waals surface area contributed by atoms with E-state index in [-0.39, 0.29) is 12.4 Å². The van der Waals surface area contributed by atoms with Crippen LogP contribution in [0, 0.1) is 5.82 Å². The van der Waals surface area contributed by atoms with E-state index in [2.05, 4.69) is 14.9 Å². The summed E-state index contributed by atoms with van der Waals surface area (Å²) in [6, 6.07) is 16.2. The molecule has 1 heterocycles. The summed E-state index contributed by atoms with van der Waals surface area (Å²) in [5.41, 5.74) is 1.41. The smallest absolute Gasteiger partial charge is 0.208 e. The topological polar surface area (TPSA) is 76.9 Å². The summed E-state index contributed by atoms with van der Waals surface area (Å²) in [4.78, 5) is 0. The highest BCUT2D eigenvalue weighted by atomic mass is 32.2. The summed E-state index contributed by atoms with van der Waals surface area (Å²) >= 11 is 1.37. The fourth-order valence-corrected chi connectivity index (χ4v) is 3.91. The van der Waals surface area contributed by atoms with Gasteiger partial charge in [0.15, 0.2) is 11.0 Å². The Morgan fingerprint density at radius 1 is 1.07 bits per heavy atom. The van der Waals surface area contributed by atoms with Crippen molar-refractivity contribution in [2.75, 3.05) is 18.6 Å². The van der Waals surface area contributed by atoms with Crippen LogP contribution in [0.2, 0.25) is 0 Å². The monoisotopic (exact) mass is 406 g/mol. The molecule has 0 saturated heterocycles. The van der Waals surface area contributed by atoms with E-state index in [4.69, 9.17) is 0 Å². The number of hydrogen-bond acceptors (Lipinski definition) is 5. The number of hydrogen-bond donors (Lipinski definition) is 1. The van der Waals surface area contributed by atoms with E-state index >= 15 is 0 Å². The molecule has 1 N–H and O–H groups in total. The third-order valence-corrected chi connectivity index (χ3v) is 5.41. The van der Waals surface area contributed by atoms with Crippen molar-refractivity contribution in [3.8, 4) is 11.4 Å². The number of halogens is 1. The van der Waals surface area contributed by atoms with Crippen molar-refractivity contribution in [3.05, 3.63) is 66.0 Å². The standard InChI is InChI=1S/C18H19FN4O2S2/c1-27(24,25)20-11-12-26-18-22-21-17(15-9-5-6-10-16(15)19)23(18)13-14-7-3-2-4-8-14/h2-10,20H,11-13H2,1H3. The molecule has 0 radical (unpaired) electrons. The molecule has 3 rings (SSSR count). The second-order valence-corrected chi connectivity index (χ2v) is 8.77. The molecule has 27 heavy (non-hydrogen) atoms. The molecule has 0 saturated carbocycles. The predicted octanol–water partition coefficient (Wildman–Crippen LogP) is 2.77. The molecular weight excluding hydrogens is 387 g/mol. The van der Waals surface area contributed by atoms with Crippen molar-refractivity contribution in [2.45, 2.75) is 11.7 Å². The van der Waals surface area contributed by atoms with Crippen molar-refractivity contribution >= 4 is 21.8 Å². The highest BCUT2D eigenvalue weighted by Crippen LogP contribution is 2.26. The molecule has 0 unspecified atom stereocenters. The Morgan fingerprint density at radius 2 is 1.78 bits per heavy atom. The largest absolute Gasteiger partial charge is 0.297 e. The second kappa shape index (κ2) is 8.64. The minimum atomic E-state index is -3.24. The van der Waals surface area contributed by atoms with Crippen LogP contribution in [0.25, 0.3) is 11.4 Å². The number of benzene rings is 2. The Bertz CT molecular complexity index is 1010. The average Bonchev–Trinajstić information content (AvgIpc) is 3.02. The number of aromatic nitrogens is 3. The van der Waals surface area contributed by atoms with Crippen LogP contribution in [0.3, 0.4) is 0 Å². The molecule has 0 amide bonds. The van der Waals surface area contributed by atoms with Gasteiger partial charge in [-0.1, -0.05) is 54.2 Å². The lowest BCUT2D eigenvalue weighted by Crippen LogP contribution is -2.24. The molecule has 0 bridgehead atoms. The summed E-state index contributed by atoms with van der Waals surface area (Å²) in [5.74, 6) is 0.557. The molecule has 142 valence electrons. The van der Waals surface area contributed by atoms with E-state index in [0.717, 1.165) is 11.8 Å². The summed E-state index contributed by atoms with van der Waals surface area (Å²) in [5, 5.41) is 8.98. The highest BCUT2D eigenvalue weighted by Gasteiger charge is 2.17. The zero-order chi connectivity index (χ0) is 19.3. The first-order valence-electron chi connectivity index (χ1n) is 8.23. The molecule has 3 aromatic rings. The highest BCUT2D eigenvalue weighted by molar-refractivity contribution is 7.99. The molecule has 0 aliphatic carbocycles. The van der Waals surface area contributed by atoms with E-state index < -0.39 is 10.0 Å². The third kappa shape index (κ3) is 5.38. The molecule has 1 aromatic heterocycles. The van der Waals surface area contributed by atoms with Gasteiger partial charge < -0.3 is 0 Å². The van der Waals surface area contributed by atoms with Crippen LogP contribution in [-0.4, -0.2) is 41.7 Å². The number of sulfonamides is 1. The number of rotatable bonds is 8. The van der Waals surface area contributed by atoms with Gasteiger partial charge in [0.1, 0.15) is 5.82 Å². The number of nitrogens with one attached hydrogen (secondary N) is 1. The van der Waals surface area contributed by atoms with Crippen molar-refractivity contribution in [2.24, 2.45) is 0 Å². The van der Waals surface area contributed by atoms with E-state index in [1.54, 1.807) is 18.2 Å². The summed E-state index contributed by atoms with van der Waals surface area (Å²) in [7, 11) is -3.24. The van der Waals surface area contributed by atoms with Gasteiger partial charge in [-0.25, -0.2) is 17.5 Å². The van der Waals surface area contributed by atoms with Gasteiger partial charge >= 0.3 is 0 Å². The Labute approximate surface area is 161 Å². The fourth-order valence-electron chi connectivity index (χ4n) is 2.52. The first-order valence-corrected chi connectivity index (χ1v) is 11.1. The zero-order valence-corrected chi connectivity index (χ0v) is 16.3. The Morgan fingerprint density at radius 3 is 2.48 bits per heavy atom. The van der Waals surface area contributed by atoms with E-state index in [9.17, 15) is 12.8 Å². The van der Waals surface area contributed by atoms with Gasteiger partial charge in [-0.3, -0.25) is 4.57 Å². The Hall–Kier alpha value is -2.23. The normalized spacial score (nSPS) is 11.6. The minimum Gasteiger partial charge on any atom is -0.297 e. The Kier molecular flexibility index (Phi) is 6.25. The lowest BCUT2D eigenvalue weighted by molar-refractivity contribution is 0.590. The summed E-state index contributed by atoms with van der Waals surface area (Å²) in [6.07, 6.45) is 1.12. The molecule has 0 fully saturated rings. The lowest BCUT2D eigenvalue weighted by atomic mass is 10.2. The first kappa shape index (κ1) is 19.5. The SMILES string of the molecule is CS(=O)(=O)NCCSc1nnc(-c2ccccc2F)n1Cc1ccccc1. The third-order valence-electron chi connectivity index (χ3n) is 3.71. The van der Waals surface area contributed by atoms with Crippen LogP contribution in [0.4, 0.5) is 4.39 Å². The van der Waals surface area contributed by atoms with Crippen LogP contribution in [0.5, 0.6) is 0 Å². The van der Waals surface area contributed by atoms with Crippen LogP contribution < -0.4 is 4.72 Å². The zero-order valence-electron chi connectivity index (χ0n) is 14.7. The molecule has 0 atom stereocenters. The van der Waals surface area contributed by atoms with Crippen LogP contribution in [0.15, 0.2) is 59.8 Å². The van der Waals surface area contributed by atoms with Crippen LogP contribution >= 0.6 is 11.8 Å². The molecule has 6 nitrogen and oxygen atoms in total. The maximum absolute atomic E-state index is 14.3. The van der Waals surface area contributed by atoms with Crippen LogP contribution in [0.1, 0.15) is 5.56 Å². The maximum Gasteiger partial charge on any atom is 0.208 e. The maximum atomic E-state index is 14.3. The van der Waals surface area contributed by atoms with Crippen LogP contribution in [-0.2, 0) is 16.6 Å². The lowest BCUT2D eigenvalue weighted by Gasteiger charge is -2.11. The molecule has 0 spiro atoms. The predicted molar refractivity (Wildman–Crippen MR) is 105 cm³/mol. The summed E-state index contributed by atoms with van der Waals surface area (Å²) in [6.45, 7) is 0.760. The second-order valence-electron chi connectivity index (χ2n) is 5.87. The van der Waals surface area contributed by atoms with Gasteiger partial charge in [-0.05, 0) is 17.7 Å². The average molecular weight is 407 g/mol. The van der Waals surface area contributed by atoms with Crippen molar-refractivity contribution in [1.29, 1.82) is 0 Å². The van der Waals surface area contributed by atoms with Gasteiger partial charge in [-0.2, -0.15) is 0 Å². The van der Waals surface area contributed by atoms with Crippen molar-refractivity contribution in [1.82, 2.24) is 19.5 Å². The van der Waals surface area contributed by atoms with E-state index in [0.29, 0.717) is 28.8 Å². The quantitative estimate of drug-likeness (QED) is 0.460. The number of thioether (sulfide) groups is 1. The van der Waals surface area contributed by atoms with Gasteiger partial charge in [-0.15, -0.1) is 10.2 Å². The number of nitrogens with zero attached hydrogens (tertiary/aromatic N) is 3. The fraction of sp³-hybridized carbons (Fsp3) is 0.222.